The summed E-state index contributed by atoms with van der Waals surface area (Å²) in [6.07, 6.45) is 0. The van der Waals surface area contributed by atoms with Gasteiger partial charge in [-0.1, -0.05) is 71.9 Å². The van der Waals surface area contributed by atoms with Gasteiger partial charge in [-0.2, -0.15) is 0 Å². The molecule has 1 atom stereocenters. The van der Waals surface area contributed by atoms with Crippen LogP contribution in [-0.2, 0) is 0 Å². The summed E-state index contributed by atoms with van der Waals surface area (Å²) in [6.45, 7) is -0.267. The molecule has 1 heterocycles. The number of aromatic nitrogens is 3. The Morgan fingerprint density at radius 1 is 0.923 bits per heavy atom. The molecule has 0 fully saturated rings. The van der Waals surface area contributed by atoms with Crippen molar-refractivity contribution in [2.75, 3.05) is 6.54 Å². The highest BCUT2D eigenvalue weighted by atomic mass is 16.6. The fraction of sp³-hybridized carbons (Fsp3) is 0.100. The molecule has 0 N–H and O–H groups in total. The lowest BCUT2D eigenvalue weighted by Gasteiger charge is -2.18. The summed E-state index contributed by atoms with van der Waals surface area (Å²) in [7, 11) is 0. The first-order valence-electron chi connectivity index (χ1n) is 8.30. The van der Waals surface area contributed by atoms with Gasteiger partial charge in [0.15, 0.2) is 0 Å². The minimum Gasteiger partial charge on any atom is -0.264 e. The number of nitrogens with zero attached hydrogens (tertiary/aromatic N) is 4. The molecule has 3 aromatic carbocycles. The van der Waals surface area contributed by atoms with Crippen LogP contribution in [0.2, 0.25) is 0 Å². The van der Waals surface area contributed by atoms with Gasteiger partial charge in [0.2, 0.25) is 6.54 Å². The highest BCUT2D eigenvalue weighted by Crippen LogP contribution is 2.31. The standard InChI is InChI=1S/C20H16N4O2/c25-23(26)14-20(24-19-13-7-6-12-18(19)21-22-24)17-11-5-4-10-16(17)15-8-2-1-3-9-15/h1-13,20H,14H2/t20-/m1/s1. The first-order chi connectivity index (χ1) is 12.7. The molecule has 0 saturated carbocycles. The van der Waals surface area contributed by atoms with Crippen LogP contribution in [0.5, 0.6) is 0 Å². The molecule has 4 rings (SSSR count). The molecule has 26 heavy (non-hydrogen) atoms. The zero-order valence-corrected chi connectivity index (χ0v) is 13.9. The maximum Gasteiger partial charge on any atom is 0.230 e. The van der Waals surface area contributed by atoms with Gasteiger partial charge in [0.25, 0.3) is 0 Å². The molecular formula is C20H16N4O2. The number of fused-ring (bicyclic) bond motifs is 1. The molecule has 0 aliphatic carbocycles. The Kier molecular flexibility index (Phi) is 4.15. The van der Waals surface area contributed by atoms with Gasteiger partial charge in [-0.3, -0.25) is 10.1 Å². The zero-order chi connectivity index (χ0) is 17.9. The molecule has 0 radical (unpaired) electrons. The van der Waals surface area contributed by atoms with Crippen molar-refractivity contribution < 1.29 is 4.92 Å². The van der Waals surface area contributed by atoms with E-state index in [0.717, 1.165) is 27.7 Å². The molecule has 128 valence electrons. The Morgan fingerprint density at radius 2 is 1.62 bits per heavy atom. The van der Waals surface area contributed by atoms with Crippen LogP contribution in [-0.4, -0.2) is 26.5 Å². The molecular weight excluding hydrogens is 328 g/mol. The van der Waals surface area contributed by atoms with E-state index in [1.165, 1.54) is 0 Å². The third kappa shape index (κ3) is 2.93. The maximum atomic E-state index is 11.4. The van der Waals surface area contributed by atoms with E-state index < -0.39 is 6.04 Å². The van der Waals surface area contributed by atoms with Crippen LogP contribution in [0.4, 0.5) is 0 Å². The van der Waals surface area contributed by atoms with Crippen LogP contribution in [0.1, 0.15) is 11.6 Å². The Labute approximate surface area is 149 Å². The van der Waals surface area contributed by atoms with Gasteiger partial charge in [-0.25, -0.2) is 4.68 Å². The lowest BCUT2D eigenvalue weighted by molar-refractivity contribution is -0.484. The predicted molar refractivity (Wildman–Crippen MR) is 99.4 cm³/mol. The Balaban J connectivity index is 1.91. The molecule has 6 nitrogen and oxygen atoms in total. The van der Waals surface area contributed by atoms with E-state index in [1.807, 2.05) is 78.9 Å². The molecule has 1 aromatic heterocycles. The van der Waals surface area contributed by atoms with Gasteiger partial charge >= 0.3 is 0 Å². The van der Waals surface area contributed by atoms with Crippen LogP contribution < -0.4 is 0 Å². The van der Waals surface area contributed by atoms with Gasteiger partial charge in [0.05, 0.1) is 5.52 Å². The number of para-hydroxylation sites is 1. The number of hydrogen-bond acceptors (Lipinski definition) is 4. The van der Waals surface area contributed by atoms with Gasteiger partial charge in [-0.05, 0) is 28.8 Å². The van der Waals surface area contributed by atoms with Crippen molar-refractivity contribution in [2.24, 2.45) is 0 Å². The minimum absolute atomic E-state index is 0.267. The van der Waals surface area contributed by atoms with Crippen molar-refractivity contribution in [1.82, 2.24) is 15.0 Å². The first kappa shape index (κ1) is 16.0. The number of nitro groups is 1. The summed E-state index contributed by atoms with van der Waals surface area (Å²) in [5.41, 5.74) is 4.33. The average Bonchev–Trinajstić information content (AvgIpc) is 3.11. The molecule has 6 heteroatoms. The molecule has 0 saturated heterocycles. The fourth-order valence-corrected chi connectivity index (χ4v) is 3.23. The lowest BCUT2D eigenvalue weighted by Crippen LogP contribution is -2.22. The van der Waals surface area contributed by atoms with Gasteiger partial charge in [0, 0.05) is 4.92 Å². The Morgan fingerprint density at radius 3 is 2.42 bits per heavy atom. The predicted octanol–water partition coefficient (Wildman–Crippen LogP) is 3.96. The van der Waals surface area contributed by atoms with E-state index in [1.54, 1.807) is 4.68 Å². The van der Waals surface area contributed by atoms with Gasteiger partial charge in [0.1, 0.15) is 11.6 Å². The van der Waals surface area contributed by atoms with Crippen molar-refractivity contribution in [2.45, 2.75) is 6.04 Å². The van der Waals surface area contributed by atoms with Crippen LogP contribution in [0.15, 0.2) is 78.9 Å². The van der Waals surface area contributed by atoms with Crippen LogP contribution in [0, 0.1) is 10.1 Å². The second-order valence-electron chi connectivity index (χ2n) is 6.01. The van der Waals surface area contributed by atoms with Crippen molar-refractivity contribution in [3.63, 3.8) is 0 Å². The molecule has 0 aliphatic rings. The first-order valence-corrected chi connectivity index (χ1v) is 8.30. The van der Waals surface area contributed by atoms with Gasteiger partial charge in [-0.15, -0.1) is 5.10 Å². The molecule has 4 aromatic rings. The smallest absolute Gasteiger partial charge is 0.230 e. The fourth-order valence-electron chi connectivity index (χ4n) is 3.23. The van der Waals surface area contributed by atoms with Crippen LogP contribution in [0.25, 0.3) is 22.2 Å². The second-order valence-corrected chi connectivity index (χ2v) is 6.01. The third-order valence-electron chi connectivity index (χ3n) is 4.40. The molecule has 0 unspecified atom stereocenters. The average molecular weight is 344 g/mol. The highest BCUT2D eigenvalue weighted by Gasteiger charge is 2.25. The van der Waals surface area contributed by atoms with E-state index in [4.69, 9.17) is 0 Å². The summed E-state index contributed by atoms with van der Waals surface area (Å²) in [5.74, 6) is 0. The van der Waals surface area contributed by atoms with Crippen molar-refractivity contribution in [3.05, 3.63) is 94.5 Å². The van der Waals surface area contributed by atoms with E-state index in [-0.39, 0.29) is 11.5 Å². The maximum absolute atomic E-state index is 11.4. The topological polar surface area (TPSA) is 73.8 Å². The normalized spacial score (nSPS) is 12.2. The highest BCUT2D eigenvalue weighted by molar-refractivity contribution is 5.75. The third-order valence-corrected chi connectivity index (χ3v) is 4.40. The second kappa shape index (κ2) is 6.76. The number of rotatable bonds is 5. The molecule has 0 bridgehead atoms. The summed E-state index contributed by atoms with van der Waals surface area (Å²) < 4.78 is 1.65. The van der Waals surface area contributed by atoms with Crippen molar-refractivity contribution in [3.8, 4) is 11.1 Å². The number of hydrogen-bond donors (Lipinski definition) is 0. The van der Waals surface area contributed by atoms with Crippen molar-refractivity contribution >= 4 is 11.0 Å². The molecule has 0 spiro atoms. The summed E-state index contributed by atoms with van der Waals surface area (Å²) in [6, 6.07) is 24.6. The lowest BCUT2D eigenvalue weighted by atomic mass is 9.94. The van der Waals surface area contributed by atoms with Crippen LogP contribution >= 0.6 is 0 Å². The largest absolute Gasteiger partial charge is 0.264 e. The van der Waals surface area contributed by atoms with E-state index in [2.05, 4.69) is 10.3 Å². The minimum atomic E-state index is -0.547. The van der Waals surface area contributed by atoms with E-state index in [0.29, 0.717) is 0 Å². The summed E-state index contributed by atoms with van der Waals surface area (Å²) in [4.78, 5) is 11.1. The number of benzene rings is 3. The van der Waals surface area contributed by atoms with Crippen LogP contribution in [0.3, 0.4) is 0 Å². The van der Waals surface area contributed by atoms with E-state index >= 15 is 0 Å². The molecule has 0 amide bonds. The monoisotopic (exact) mass is 344 g/mol. The summed E-state index contributed by atoms with van der Waals surface area (Å²) in [5, 5.41) is 19.8. The quantitative estimate of drug-likeness (QED) is 0.406. The van der Waals surface area contributed by atoms with Gasteiger partial charge < -0.3 is 0 Å². The SMILES string of the molecule is O=[N+]([O-])C[C@H](c1ccccc1-c1ccccc1)n1nnc2ccccc21. The Hall–Kier alpha value is -3.54. The van der Waals surface area contributed by atoms with E-state index in [9.17, 15) is 10.1 Å². The zero-order valence-electron chi connectivity index (χ0n) is 13.9. The Bertz CT molecular complexity index is 1060. The summed E-state index contributed by atoms with van der Waals surface area (Å²) >= 11 is 0. The molecule has 0 aliphatic heterocycles. The van der Waals surface area contributed by atoms with Crippen molar-refractivity contribution in [1.29, 1.82) is 0 Å².